The van der Waals surface area contributed by atoms with Crippen LogP contribution in [0.4, 0.5) is 30.7 Å². The van der Waals surface area contributed by atoms with Crippen LogP contribution in [0.2, 0.25) is 0 Å². The second kappa shape index (κ2) is 5.30. The fourth-order valence-corrected chi connectivity index (χ4v) is 0.894. The third-order valence-electron chi connectivity index (χ3n) is 2.12. The van der Waals surface area contributed by atoms with Crippen LogP contribution in [-0.4, -0.2) is 30.0 Å². The van der Waals surface area contributed by atoms with Gasteiger partial charge in [0.2, 0.25) is 5.78 Å². The first-order chi connectivity index (χ1) is 8.51. The smallest absolute Gasteiger partial charge is 0.299 e. The minimum Gasteiger partial charge on any atom is -0.299 e. The van der Waals surface area contributed by atoms with Crippen molar-refractivity contribution >= 4 is 11.6 Å². The van der Waals surface area contributed by atoms with Crippen LogP contribution in [-0.2, 0) is 14.3 Å². The van der Waals surface area contributed by atoms with Crippen molar-refractivity contribution in [2.24, 2.45) is 5.41 Å². The molecule has 10 heteroatoms. The van der Waals surface area contributed by atoms with Gasteiger partial charge in [0.05, 0.1) is 6.42 Å². The van der Waals surface area contributed by atoms with Crippen molar-refractivity contribution in [3.63, 3.8) is 0 Å². The van der Waals surface area contributed by atoms with Crippen molar-refractivity contribution in [2.45, 2.75) is 45.6 Å². The fourth-order valence-electron chi connectivity index (χ4n) is 0.894. The molecule has 0 radical (unpaired) electrons. The highest BCUT2D eigenvalue weighted by Crippen LogP contribution is 2.41. The molecule has 0 fully saturated rings. The fraction of sp³-hybridized carbons (Fsp3) is 0.800. The molecule has 0 heterocycles. The van der Waals surface area contributed by atoms with Gasteiger partial charge in [-0.25, -0.2) is 4.74 Å². The topological polar surface area (TPSA) is 43.4 Å². The summed E-state index contributed by atoms with van der Waals surface area (Å²) in [6.45, 7) is 3.68. The maximum Gasteiger partial charge on any atom is 0.527 e. The summed E-state index contributed by atoms with van der Waals surface area (Å²) in [6, 6.07) is 0. The first-order valence-electron chi connectivity index (χ1n) is 5.10. The van der Waals surface area contributed by atoms with E-state index in [1.807, 2.05) is 4.74 Å². The van der Waals surface area contributed by atoms with E-state index in [0.717, 1.165) is 0 Å². The van der Waals surface area contributed by atoms with Gasteiger partial charge in [-0.1, -0.05) is 20.8 Å². The van der Waals surface area contributed by atoms with Gasteiger partial charge >= 0.3 is 18.4 Å². The summed E-state index contributed by atoms with van der Waals surface area (Å²) >= 11 is 0. The number of alkyl halides is 7. The highest BCUT2D eigenvalue weighted by Gasteiger charge is 2.67. The van der Waals surface area contributed by atoms with E-state index in [9.17, 15) is 40.3 Å². The summed E-state index contributed by atoms with van der Waals surface area (Å²) in [5.41, 5.74) is -1.29. The molecule has 3 nitrogen and oxygen atoms in total. The molecule has 0 aliphatic rings. The summed E-state index contributed by atoms with van der Waals surface area (Å²) < 4.78 is 88.0. The largest absolute Gasteiger partial charge is 0.527 e. The van der Waals surface area contributed by atoms with Gasteiger partial charge in [-0.15, -0.1) is 13.2 Å². The number of hydrogen-bond acceptors (Lipinski definition) is 3. The molecule has 20 heavy (non-hydrogen) atoms. The highest BCUT2D eigenvalue weighted by molar-refractivity contribution is 6.04. The van der Waals surface area contributed by atoms with Gasteiger partial charge < -0.3 is 0 Å². The summed E-state index contributed by atoms with van der Waals surface area (Å²) in [5, 5.41) is 0. The molecular weight excluding hydrogens is 301 g/mol. The third kappa shape index (κ3) is 4.73. The van der Waals surface area contributed by atoms with Crippen LogP contribution in [0.25, 0.3) is 0 Å². The summed E-state index contributed by atoms with van der Waals surface area (Å²) in [4.78, 5) is 22.2. The van der Waals surface area contributed by atoms with Crippen LogP contribution in [0, 0.1) is 5.41 Å². The van der Waals surface area contributed by atoms with E-state index in [1.54, 1.807) is 0 Å². The highest BCUT2D eigenvalue weighted by atomic mass is 19.4. The predicted octanol–water partition coefficient (Wildman–Crippen LogP) is 3.33. The van der Waals surface area contributed by atoms with Crippen molar-refractivity contribution in [1.29, 1.82) is 0 Å². The molecule has 0 amide bonds. The Morgan fingerprint density at radius 2 is 1.25 bits per heavy atom. The van der Waals surface area contributed by atoms with Crippen LogP contribution >= 0.6 is 0 Å². The quantitative estimate of drug-likeness (QED) is 0.578. The average Bonchev–Trinajstić information content (AvgIpc) is 2.11. The van der Waals surface area contributed by atoms with Crippen molar-refractivity contribution < 1.29 is 45.1 Å². The minimum atomic E-state index is -6.10. The number of ketones is 2. The zero-order chi connectivity index (χ0) is 16.6. The Morgan fingerprint density at radius 3 is 1.55 bits per heavy atom. The summed E-state index contributed by atoms with van der Waals surface area (Å²) in [6.07, 6.45) is -13.8. The van der Waals surface area contributed by atoms with Crippen LogP contribution in [0.1, 0.15) is 27.2 Å². The predicted molar refractivity (Wildman–Crippen MR) is 51.1 cm³/mol. The third-order valence-corrected chi connectivity index (χ3v) is 2.12. The van der Waals surface area contributed by atoms with E-state index in [0.29, 0.717) is 0 Å². The van der Waals surface area contributed by atoms with Gasteiger partial charge in [0.1, 0.15) is 5.78 Å². The summed E-state index contributed by atoms with van der Waals surface area (Å²) in [5.74, 6) is -9.54. The molecule has 0 aliphatic heterocycles. The van der Waals surface area contributed by atoms with Crippen LogP contribution in [0.15, 0.2) is 0 Å². The van der Waals surface area contributed by atoms with E-state index in [2.05, 4.69) is 0 Å². The van der Waals surface area contributed by atoms with E-state index in [1.165, 1.54) is 20.8 Å². The standard InChI is InChI=1S/C10H11F7O3/c1-7(2,3)5(18)4-6(19)8(11,12)9(13,14)20-10(15,16)17/h4H2,1-3H3. The molecular formula is C10H11F7O3. The Bertz CT molecular complexity index is 393. The SMILES string of the molecule is CC(C)(C)C(=O)CC(=O)C(F)(F)C(F)(F)OC(F)(F)F. The number of carbonyl (C=O) groups is 2. The second-order valence-corrected chi connectivity index (χ2v) is 4.91. The number of carbonyl (C=O) groups excluding carboxylic acids is 2. The van der Waals surface area contributed by atoms with Gasteiger partial charge in [-0.2, -0.15) is 17.6 Å². The molecule has 0 spiro atoms. The Labute approximate surface area is 109 Å². The number of Topliss-reactive ketones (excluding diaryl/α,β-unsaturated/α-hetero) is 2. The molecule has 0 saturated heterocycles. The molecule has 0 saturated carbocycles. The van der Waals surface area contributed by atoms with Gasteiger partial charge in [0.25, 0.3) is 0 Å². The summed E-state index contributed by atoms with van der Waals surface area (Å²) in [7, 11) is 0. The van der Waals surface area contributed by atoms with Crippen LogP contribution < -0.4 is 0 Å². The maximum absolute atomic E-state index is 13.0. The Kier molecular flexibility index (Phi) is 4.99. The average molecular weight is 312 g/mol. The van der Waals surface area contributed by atoms with Crippen molar-refractivity contribution in [3.05, 3.63) is 0 Å². The monoisotopic (exact) mass is 312 g/mol. The molecule has 0 aromatic rings. The van der Waals surface area contributed by atoms with E-state index in [4.69, 9.17) is 0 Å². The van der Waals surface area contributed by atoms with Gasteiger partial charge in [0, 0.05) is 5.41 Å². The molecule has 0 atom stereocenters. The molecule has 0 aromatic heterocycles. The van der Waals surface area contributed by atoms with E-state index >= 15 is 0 Å². The first-order valence-corrected chi connectivity index (χ1v) is 5.10. The molecule has 0 aliphatic carbocycles. The molecule has 0 unspecified atom stereocenters. The number of halogens is 7. The minimum absolute atomic E-state index is 1.12. The lowest BCUT2D eigenvalue weighted by atomic mass is 9.87. The van der Waals surface area contributed by atoms with Gasteiger partial charge in [0.15, 0.2) is 0 Å². The lowest BCUT2D eigenvalue weighted by Gasteiger charge is -2.26. The van der Waals surface area contributed by atoms with Crippen molar-refractivity contribution in [3.8, 4) is 0 Å². The van der Waals surface area contributed by atoms with Gasteiger partial charge in [-0.05, 0) is 0 Å². The second-order valence-electron chi connectivity index (χ2n) is 4.91. The molecule has 0 bridgehead atoms. The normalized spacial score (nSPS) is 14.3. The molecule has 0 rings (SSSR count). The maximum atomic E-state index is 13.0. The first kappa shape index (κ1) is 18.8. The zero-order valence-electron chi connectivity index (χ0n) is 10.6. The number of hydrogen-bond donors (Lipinski definition) is 0. The van der Waals surface area contributed by atoms with Crippen molar-refractivity contribution in [1.82, 2.24) is 0 Å². The van der Waals surface area contributed by atoms with Crippen LogP contribution in [0.5, 0.6) is 0 Å². The molecule has 0 aromatic carbocycles. The number of rotatable bonds is 5. The Hall–Kier alpha value is -1.19. The van der Waals surface area contributed by atoms with Gasteiger partial charge in [-0.3, -0.25) is 9.59 Å². The lowest BCUT2D eigenvalue weighted by molar-refractivity contribution is -0.457. The van der Waals surface area contributed by atoms with Crippen LogP contribution in [0.3, 0.4) is 0 Å². The molecule has 118 valence electrons. The van der Waals surface area contributed by atoms with E-state index in [-0.39, 0.29) is 0 Å². The zero-order valence-corrected chi connectivity index (χ0v) is 10.6. The lowest BCUT2D eigenvalue weighted by Crippen LogP contribution is -2.52. The van der Waals surface area contributed by atoms with Crippen molar-refractivity contribution in [2.75, 3.05) is 0 Å². The number of ether oxygens (including phenoxy) is 1. The Morgan fingerprint density at radius 1 is 0.850 bits per heavy atom. The Balaban J connectivity index is 5.13. The molecule has 0 N–H and O–H groups in total. The van der Waals surface area contributed by atoms with E-state index < -0.39 is 41.8 Å².